The molecule has 28 heavy (non-hydrogen) atoms. The van der Waals surface area contributed by atoms with Gasteiger partial charge in [0.2, 0.25) is 0 Å². The molecule has 0 aliphatic carbocycles. The van der Waals surface area contributed by atoms with Crippen molar-refractivity contribution in [1.82, 2.24) is 20.1 Å². The molecule has 6 nitrogen and oxygen atoms in total. The van der Waals surface area contributed by atoms with Crippen LogP contribution in [0.4, 0.5) is 0 Å². The lowest BCUT2D eigenvalue weighted by molar-refractivity contribution is 0.0618. The molecule has 4 aliphatic rings. The summed E-state index contributed by atoms with van der Waals surface area (Å²) in [5, 5.41) is 5.97. The normalized spacial score (nSPS) is 27.1. The van der Waals surface area contributed by atoms with E-state index in [-0.39, 0.29) is 17.9 Å². The van der Waals surface area contributed by atoms with E-state index in [9.17, 15) is 9.59 Å². The number of carbonyl (C=O) groups is 2. The maximum absolute atomic E-state index is 13.0. The second-order valence-corrected chi connectivity index (χ2v) is 9.91. The third kappa shape index (κ3) is 3.31. The summed E-state index contributed by atoms with van der Waals surface area (Å²) in [5.41, 5.74) is 1.15. The largest absolute Gasteiger partial charge is 0.346 e. The summed E-state index contributed by atoms with van der Waals surface area (Å²) in [6, 6.07) is 2.07. The van der Waals surface area contributed by atoms with Gasteiger partial charge in [0.25, 0.3) is 11.8 Å². The number of piperidine rings is 3. The maximum Gasteiger partial charge on any atom is 0.271 e. The number of carbonyl (C=O) groups excluding carboxylic acids is 2. The van der Waals surface area contributed by atoms with Crippen molar-refractivity contribution in [2.75, 3.05) is 44.2 Å². The van der Waals surface area contributed by atoms with Crippen LogP contribution < -0.4 is 5.32 Å². The van der Waals surface area contributed by atoms with Crippen LogP contribution in [-0.4, -0.2) is 76.9 Å². The van der Waals surface area contributed by atoms with E-state index in [1.807, 2.05) is 28.1 Å². The predicted octanol–water partition coefficient (Wildman–Crippen LogP) is 2.31. The van der Waals surface area contributed by atoms with Gasteiger partial charge in [-0.15, -0.1) is 11.3 Å². The first-order valence-electron chi connectivity index (χ1n) is 9.97. The minimum atomic E-state index is -0.112. The van der Waals surface area contributed by atoms with Gasteiger partial charge in [0.05, 0.1) is 10.3 Å². The van der Waals surface area contributed by atoms with Crippen molar-refractivity contribution >= 4 is 45.0 Å². The molecule has 1 atom stereocenters. The van der Waals surface area contributed by atoms with Crippen LogP contribution in [-0.2, 0) is 0 Å². The molecule has 4 aliphatic heterocycles. The molecule has 6 heterocycles. The van der Waals surface area contributed by atoms with Crippen LogP contribution in [0.2, 0.25) is 0 Å². The molecular weight excluding hydrogens is 392 g/mol. The third-order valence-corrected chi connectivity index (χ3v) is 8.15. The Labute approximate surface area is 172 Å². The standard InChI is InChI=1S/C20H24N4O2S2/c25-19(22-16-11-23-5-2-13(16)3-6-23)17-18-14(1-4-21-17)15(12-28-18)20(26)24-7-9-27-10-8-24/h1,4,12-13,16H,2-3,5-11H2,(H,22,25)/t16-/m0/s1. The van der Waals surface area contributed by atoms with Crippen LogP contribution in [0, 0.1) is 5.92 Å². The Kier molecular flexibility index (Phi) is 5.02. The minimum Gasteiger partial charge on any atom is -0.346 e. The molecule has 0 saturated carbocycles. The number of pyridine rings is 1. The smallest absolute Gasteiger partial charge is 0.271 e. The number of nitrogens with zero attached hydrogens (tertiary/aromatic N) is 3. The molecule has 2 bridgehead atoms. The van der Waals surface area contributed by atoms with Crippen LogP contribution >= 0.6 is 23.1 Å². The molecular formula is C20H24N4O2S2. The second kappa shape index (κ2) is 7.65. The van der Waals surface area contributed by atoms with Gasteiger partial charge in [0, 0.05) is 54.1 Å². The fourth-order valence-electron chi connectivity index (χ4n) is 4.59. The number of thiophene rings is 1. The first kappa shape index (κ1) is 18.4. The Bertz CT molecular complexity index is 901. The zero-order valence-corrected chi connectivity index (χ0v) is 17.4. The SMILES string of the molecule is O=C(N[C@H]1CN2CCC1CC2)c1nccc2c(C(=O)N3CCSCC3)csc12. The molecule has 2 aromatic rings. The third-order valence-electron chi connectivity index (χ3n) is 6.21. The molecule has 2 aromatic heterocycles. The number of thioether (sulfide) groups is 1. The van der Waals surface area contributed by atoms with Gasteiger partial charge in [-0.2, -0.15) is 11.8 Å². The van der Waals surface area contributed by atoms with E-state index in [0.717, 1.165) is 67.2 Å². The van der Waals surface area contributed by atoms with E-state index in [1.54, 1.807) is 6.20 Å². The highest BCUT2D eigenvalue weighted by molar-refractivity contribution is 7.99. The zero-order valence-electron chi connectivity index (χ0n) is 15.7. The van der Waals surface area contributed by atoms with E-state index in [0.29, 0.717) is 17.2 Å². The Balaban J connectivity index is 1.39. The van der Waals surface area contributed by atoms with E-state index < -0.39 is 0 Å². The van der Waals surface area contributed by atoms with Gasteiger partial charge in [-0.3, -0.25) is 9.59 Å². The average molecular weight is 417 g/mol. The predicted molar refractivity (Wildman–Crippen MR) is 113 cm³/mol. The monoisotopic (exact) mass is 416 g/mol. The molecule has 0 unspecified atom stereocenters. The fraction of sp³-hybridized carbons (Fsp3) is 0.550. The molecule has 0 radical (unpaired) electrons. The summed E-state index contributed by atoms with van der Waals surface area (Å²) < 4.78 is 0.816. The number of hydrogen-bond donors (Lipinski definition) is 1. The first-order valence-corrected chi connectivity index (χ1v) is 12.0. The summed E-state index contributed by atoms with van der Waals surface area (Å²) in [5.74, 6) is 2.51. The zero-order chi connectivity index (χ0) is 19.1. The molecule has 8 heteroatoms. The number of nitrogens with one attached hydrogen (secondary N) is 1. The van der Waals surface area contributed by atoms with Crippen molar-refractivity contribution in [3.63, 3.8) is 0 Å². The first-order chi connectivity index (χ1) is 13.7. The van der Waals surface area contributed by atoms with Crippen LogP contribution in [0.3, 0.4) is 0 Å². The summed E-state index contributed by atoms with van der Waals surface area (Å²) in [7, 11) is 0. The lowest BCUT2D eigenvalue weighted by Crippen LogP contribution is -2.57. The molecule has 148 valence electrons. The number of fused-ring (bicyclic) bond motifs is 4. The van der Waals surface area contributed by atoms with Crippen LogP contribution in [0.5, 0.6) is 0 Å². The lowest BCUT2D eigenvalue weighted by atomic mass is 9.84. The van der Waals surface area contributed by atoms with Gasteiger partial charge < -0.3 is 15.1 Å². The van der Waals surface area contributed by atoms with Gasteiger partial charge in [-0.1, -0.05) is 0 Å². The molecule has 4 saturated heterocycles. The van der Waals surface area contributed by atoms with Gasteiger partial charge in [-0.05, 0) is 37.9 Å². The molecule has 2 amide bonds. The van der Waals surface area contributed by atoms with Crippen molar-refractivity contribution < 1.29 is 9.59 Å². The van der Waals surface area contributed by atoms with Crippen molar-refractivity contribution in [2.45, 2.75) is 18.9 Å². The lowest BCUT2D eigenvalue weighted by Gasteiger charge is -2.44. The molecule has 1 N–H and O–H groups in total. The Morgan fingerprint density at radius 3 is 2.64 bits per heavy atom. The summed E-state index contributed by atoms with van der Waals surface area (Å²) >= 11 is 3.34. The molecule has 6 rings (SSSR count). The Morgan fingerprint density at radius 2 is 1.93 bits per heavy atom. The highest BCUT2D eigenvalue weighted by Crippen LogP contribution is 2.31. The van der Waals surface area contributed by atoms with Gasteiger partial charge in [-0.25, -0.2) is 4.98 Å². The van der Waals surface area contributed by atoms with Crippen LogP contribution in [0.1, 0.15) is 33.7 Å². The second-order valence-electron chi connectivity index (χ2n) is 7.81. The van der Waals surface area contributed by atoms with Crippen LogP contribution in [0.15, 0.2) is 17.6 Å². The fourth-order valence-corrected chi connectivity index (χ4v) is 6.52. The summed E-state index contributed by atoms with van der Waals surface area (Å²) in [4.78, 5) is 34.7. The Morgan fingerprint density at radius 1 is 1.14 bits per heavy atom. The van der Waals surface area contributed by atoms with E-state index in [4.69, 9.17) is 0 Å². The van der Waals surface area contributed by atoms with Gasteiger partial charge >= 0.3 is 0 Å². The Hall–Kier alpha value is -1.64. The number of rotatable bonds is 3. The van der Waals surface area contributed by atoms with Crippen LogP contribution in [0.25, 0.3) is 10.1 Å². The minimum absolute atomic E-state index is 0.0708. The molecule has 0 aromatic carbocycles. The highest BCUT2D eigenvalue weighted by Gasteiger charge is 2.35. The quantitative estimate of drug-likeness (QED) is 0.832. The topological polar surface area (TPSA) is 65.5 Å². The molecule has 0 spiro atoms. The van der Waals surface area contributed by atoms with Gasteiger partial charge in [0.1, 0.15) is 5.69 Å². The maximum atomic E-state index is 13.0. The number of hydrogen-bond acceptors (Lipinski definition) is 6. The van der Waals surface area contributed by atoms with E-state index >= 15 is 0 Å². The van der Waals surface area contributed by atoms with E-state index in [1.165, 1.54) is 11.3 Å². The van der Waals surface area contributed by atoms with Crippen molar-refractivity contribution in [3.05, 3.63) is 28.9 Å². The van der Waals surface area contributed by atoms with Crippen molar-refractivity contribution in [3.8, 4) is 0 Å². The number of aromatic nitrogens is 1. The number of amides is 2. The van der Waals surface area contributed by atoms with E-state index in [2.05, 4.69) is 15.2 Å². The highest BCUT2D eigenvalue weighted by atomic mass is 32.2. The average Bonchev–Trinajstić information content (AvgIpc) is 3.19. The summed E-state index contributed by atoms with van der Waals surface area (Å²) in [6.07, 6.45) is 3.98. The van der Waals surface area contributed by atoms with Gasteiger partial charge in [0.15, 0.2) is 0 Å². The van der Waals surface area contributed by atoms with Crippen molar-refractivity contribution in [1.29, 1.82) is 0 Å². The van der Waals surface area contributed by atoms with Crippen molar-refractivity contribution in [2.24, 2.45) is 5.92 Å². The summed E-state index contributed by atoms with van der Waals surface area (Å²) in [6.45, 7) is 4.82. The molecule has 4 fully saturated rings.